The van der Waals surface area contributed by atoms with Crippen molar-refractivity contribution in [2.75, 3.05) is 47.4 Å². The van der Waals surface area contributed by atoms with E-state index in [0.717, 1.165) is 41.8 Å². The third-order valence-electron chi connectivity index (χ3n) is 6.58. The molecular weight excluding hydrogens is 428 g/mol. The molecule has 7 nitrogen and oxygen atoms in total. The number of nitrogens with zero attached hydrogens (tertiary/aromatic N) is 2. The molecule has 0 fully saturated rings. The highest BCUT2D eigenvalue weighted by Crippen LogP contribution is 2.44. The molecule has 0 radical (unpaired) electrons. The molecule has 0 bridgehead atoms. The minimum absolute atomic E-state index is 0.0637. The van der Waals surface area contributed by atoms with Crippen molar-refractivity contribution in [1.29, 1.82) is 0 Å². The van der Waals surface area contributed by atoms with Crippen LogP contribution < -0.4 is 5.32 Å². The van der Waals surface area contributed by atoms with Gasteiger partial charge in [0.05, 0.1) is 18.6 Å². The molecule has 1 aliphatic heterocycles. The van der Waals surface area contributed by atoms with Gasteiger partial charge in [0.15, 0.2) is 0 Å². The minimum Gasteiger partial charge on any atom is -0.383 e. The molecule has 2 atom stereocenters. The Hall–Kier alpha value is -3.16. The number of likely N-dealkylation sites (N-methyl/N-ethyl adjacent to an activating group) is 1. The fourth-order valence-corrected chi connectivity index (χ4v) is 4.90. The molecule has 4 rings (SSSR count). The fraction of sp³-hybridized carbons (Fsp3) is 0.407. The third kappa shape index (κ3) is 4.86. The molecule has 2 N–H and O–H groups in total. The summed E-state index contributed by atoms with van der Waals surface area (Å²) in [6.45, 7) is 2.09. The molecule has 2 heterocycles. The lowest BCUT2D eigenvalue weighted by Gasteiger charge is -2.42. The molecule has 1 aliphatic carbocycles. The normalized spacial score (nSPS) is 20.5. The number of carbonyl (C=O) groups is 2. The predicted molar refractivity (Wildman–Crippen MR) is 133 cm³/mol. The fourth-order valence-electron chi connectivity index (χ4n) is 4.90. The highest BCUT2D eigenvalue weighted by Gasteiger charge is 2.45. The van der Waals surface area contributed by atoms with Crippen LogP contribution in [0.3, 0.4) is 0 Å². The van der Waals surface area contributed by atoms with Crippen LogP contribution in [-0.4, -0.2) is 74.0 Å². The molecular formula is C27H34N4O3. The summed E-state index contributed by atoms with van der Waals surface area (Å²) >= 11 is 0. The largest absolute Gasteiger partial charge is 0.383 e. The molecule has 0 saturated carbocycles. The van der Waals surface area contributed by atoms with Gasteiger partial charge in [-0.2, -0.15) is 0 Å². The molecule has 1 aromatic carbocycles. The van der Waals surface area contributed by atoms with E-state index in [1.54, 1.807) is 7.11 Å². The number of rotatable bonds is 8. The number of ether oxygens (including phenoxy) is 1. The number of allylic oxidation sites excluding steroid dienone is 4. The van der Waals surface area contributed by atoms with Gasteiger partial charge in [-0.05, 0) is 43.3 Å². The van der Waals surface area contributed by atoms with Gasteiger partial charge < -0.3 is 24.8 Å². The number of hydrogen-bond acceptors (Lipinski definition) is 4. The summed E-state index contributed by atoms with van der Waals surface area (Å²) in [5.74, 6) is -0.644. The summed E-state index contributed by atoms with van der Waals surface area (Å²) in [5.41, 5.74) is 4.65. The maximum atomic E-state index is 13.7. The van der Waals surface area contributed by atoms with E-state index in [1.807, 2.05) is 54.4 Å². The van der Waals surface area contributed by atoms with Gasteiger partial charge in [-0.1, -0.05) is 42.5 Å². The molecule has 2 amide bonds. The topological polar surface area (TPSA) is 77.7 Å². The van der Waals surface area contributed by atoms with Crippen molar-refractivity contribution in [3.8, 4) is 0 Å². The average molecular weight is 463 g/mol. The first-order valence-corrected chi connectivity index (χ1v) is 11.8. The first-order valence-electron chi connectivity index (χ1n) is 11.8. The second kappa shape index (κ2) is 10.8. The van der Waals surface area contributed by atoms with Gasteiger partial charge in [0.2, 0.25) is 5.91 Å². The lowest BCUT2D eigenvalue weighted by atomic mass is 9.78. The lowest BCUT2D eigenvalue weighted by molar-refractivity contribution is -0.124. The maximum absolute atomic E-state index is 13.7. The van der Waals surface area contributed by atoms with Gasteiger partial charge >= 0.3 is 0 Å². The zero-order valence-electron chi connectivity index (χ0n) is 20.2. The zero-order chi connectivity index (χ0) is 24.1. The Labute approximate surface area is 201 Å². The van der Waals surface area contributed by atoms with Gasteiger partial charge in [-0.15, -0.1) is 0 Å². The van der Waals surface area contributed by atoms with Crippen LogP contribution in [0.1, 0.15) is 44.7 Å². The Morgan fingerprint density at radius 2 is 1.94 bits per heavy atom. The number of fused-ring (bicyclic) bond motifs is 2. The quantitative estimate of drug-likeness (QED) is 0.633. The number of methoxy groups -OCH3 is 1. The van der Waals surface area contributed by atoms with Crippen molar-refractivity contribution in [1.82, 2.24) is 20.1 Å². The average Bonchev–Trinajstić information content (AvgIpc) is 3.18. The summed E-state index contributed by atoms with van der Waals surface area (Å²) in [7, 11) is 5.59. The van der Waals surface area contributed by atoms with E-state index in [1.165, 1.54) is 0 Å². The Bertz CT molecular complexity index is 1090. The number of aromatic amines is 1. The summed E-state index contributed by atoms with van der Waals surface area (Å²) in [6.07, 6.45) is 11.9. The lowest BCUT2D eigenvalue weighted by Crippen LogP contribution is -2.49. The van der Waals surface area contributed by atoms with Crippen LogP contribution >= 0.6 is 0 Å². The summed E-state index contributed by atoms with van der Waals surface area (Å²) in [6, 6.07) is 7.08. The van der Waals surface area contributed by atoms with Gasteiger partial charge in [0.1, 0.15) is 0 Å². The SMILES string of the molecule is COCCN1C(=O)c2ccccc2C(C(=O)NCCN(C)C)C1c1c[nH]c2c1C/C=C\C=CC2. The van der Waals surface area contributed by atoms with Gasteiger partial charge in [0.25, 0.3) is 5.91 Å². The van der Waals surface area contributed by atoms with Gasteiger partial charge in [0, 0.05) is 50.6 Å². The van der Waals surface area contributed by atoms with E-state index in [4.69, 9.17) is 4.74 Å². The van der Waals surface area contributed by atoms with Gasteiger partial charge in [-0.25, -0.2) is 0 Å². The highest BCUT2D eigenvalue weighted by molar-refractivity contribution is 6.01. The molecule has 34 heavy (non-hydrogen) atoms. The van der Waals surface area contributed by atoms with Gasteiger partial charge in [-0.3, -0.25) is 9.59 Å². The first-order chi connectivity index (χ1) is 16.5. The molecule has 1 aromatic heterocycles. The van der Waals surface area contributed by atoms with Crippen LogP contribution in [0.5, 0.6) is 0 Å². The Kier molecular flexibility index (Phi) is 7.65. The Morgan fingerprint density at radius 1 is 1.18 bits per heavy atom. The first kappa shape index (κ1) is 24.0. The maximum Gasteiger partial charge on any atom is 0.254 e. The standard InChI is InChI=1S/C27H34N4O3/c1-30(2)15-14-28-26(32)24-20-11-8-9-12-21(20)27(33)31(16-17-34-3)25(24)22-18-29-23-13-7-5-4-6-10-19(22)23/h4-9,11-12,18,24-25,29H,10,13-17H2,1-3H3,(H,28,32)/b6-4-,7-5?. The second-order valence-corrected chi connectivity index (χ2v) is 9.06. The van der Waals surface area contributed by atoms with E-state index in [-0.39, 0.29) is 11.8 Å². The highest BCUT2D eigenvalue weighted by atomic mass is 16.5. The van der Waals surface area contributed by atoms with E-state index < -0.39 is 12.0 Å². The van der Waals surface area contributed by atoms with E-state index >= 15 is 0 Å². The number of nitrogens with one attached hydrogen (secondary N) is 2. The number of benzene rings is 1. The van der Waals surface area contributed by atoms with E-state index in [0.29, 0.717) is 25.3 Å². The van der Waals surface area contributed by atoms with E-state index in [2.05, 4.69) is 34.6 Å². The van der Waals surface area contributed by atoms with Crippen molar-refractivity contribution in [2.24, 2.45) is 0 Å². The van der Waals surface area contributed by atoms with Crippen LogP contribution in [0.25, 0.3) is 0 Å². The van der Waals surface area contributed by atoms with Crippen molar-refractivity contribution in [3.63, 3.8) is 0 Å². The third-order valence-corrected chi connectivity index (χ3v) is 6.58. The van der Waals surface area contributed by atoms with Crippen LogP contribution in [0.15, 0.2) is 54.8 Å². The summed E-state index contributed by atoms with van der Waals surface area (Å²) in [4.78, 5) is 34.7. The van der Waals surface area contributed by atoms with Crippen molar-refractivity contribution in [2.45, 2.75) is 24.8 Å². The molecule has 0 spiro atoms. The van der Waals surface area contributed by atoms with Crippen molar-refractivity contribution in [3.05, 3.63) is 82.7 Å². The number of aromatic nitrogens is 1. The van der Waals surface area contributed by atoms with Crippen LogP contribution in [0.2, 0.25) is 0 Å². The van der Waals surface area contributed by atoms with E-state index in [9.17, 15) is 9.59 Å². The monoisotopic (exact) mass is 462 g/mol. The smallest absolute Gasteiger partial charge is 0.254 e. The predicted octanol–water partition coefficient (Wildman–Crippen LogP) is 2.83. The summed E-state index contributed by atoms with van der Waals surface area (Å²) in [5, 5.41) is 3.13. The molecule has 2 unspecified atom stereocenters. The molecule has 7 heteroatoms. The van der Waals surface area contributed by atoms with Crippen LogP contribution in [0.4, 0.5) is 0 Å². The zero-order valence-corrected chi connectivity index (χ0v) is 20.2. The van der Waals surface area contributed by atoms with Crippen molar-refractivity contribution >= 4 is 11.8 Å². The van der Waals surface area contributed by atoms with Crippen molar-refractivity contribution < 1.29 is 14.3 Å². The minimum atomic E-state index is -0.516. The number of amides is 2. The molecule has 0 saturated heterocycles. The number of carbonyl (C=O) groups excluding carboxylic acids is 2. The Morgan fingerprint density at radius 3 is 2.71 bits per heavy atom. The Balaban J connectivity index is 1.82. The second-order valence-electron chi connectivity index (χ2n) is 9.06. The molecule has 2 aliphatic rings. The van der Waals surface area contributed by atoms with Crippen LogP contribution in [-0.2, 0) is 22.4 Å². The molecule has 180 valence electrons. The molecule has 2 aromatic rings. The number of hydrogen-bond donors (Lipinski definition) is 2. The van der Waals surface area contributed by atoms with Crippen LogP contribution in [0, 0.1) is 0 Å². The number of H-pyrrole nitrogens is 1. The summed E-state index contributed by atoms with van der Waals surface area (Å²) < 4.78 is 5.35.